The van der Waals surface area contributed by atoms with E-state index in [0.29, 0.717) is 5.95 Å². The van der Waals surface area contributed by atoms with E-state index in [1.807, 2.05) is 78.9 Å². The maximum atomic E-state index is 6.02. The maximum absolute atomic E-state index is 6.02. The topological polar surface area (TPSA) is 87.2 Å². The van der Waals surface area contributed by atoms with Gasteiger partial charge in [-0.3, -0.25) is 0 Å². The molecule has 140 valence electrons. The number of nitrogens with zero attached hydrogens (tertiary/aromatic N) is 3. The van der Waals surface area contributed by atoms with Crippen molar-refractivity contribution in [3.8, 4) is 22.9 Å². The van der Waals surface area contributed by atoms with Gasteiger partial charge in [-0.25, -0.2) is 0 Å². The third kappa shape index (κ3) is 3.88. The molecule has 0 bridgehead atoms. The summed E-state index contributed by atoms with van der Waals surface area (Å²) in [5.41, 5.74) is 7.61. The Morgan fingerprint density at radius 1 is 0.857 bits per heavy atom. The van der Waals surface area contributed by atoms with Gasteiger partial charge >= 0.3 is 0 Å². The Bertz CT molecular complexity index is 1060. The highest BCUT2D eigenvalue weighted by atomic mass is 16.5. The van der Waals surface area contributed by atoms with Crippen LogP contribution in [-0.4, -0.2) is 21.9 Å². The highest BCUT2D eigenvalue weighted by molar-refractivity contribution is 5.56. The fourth-order valence-electron chi connectivity index (χ4n) is 2.67. The first-order valence-electron chi connectivity index (χ1n) is 8.68. The molecule has 0 fully saturated rings. The van der Waals surface area contributed by atoms with Gasteiger partial charge in [-0.05, 0) is 48.5 Å². The molecule has 28 heavy (non-hydrogen) atoms. The highest BCUT2D eigenvalue weighted by Gasteiger charge is 2.10. The van der Waals surface area contributed by atoms with E-state index in [1.165, 1.54) is 0 Å². The van der Waals surface area contributed by atoms with Crippen molar-refractivity contribution in [1.82, 2.24) is 14.8 Å². The van der Waals surface area contributed by atoms with Crippen LogP contribution >= 0.6 is 0 Å². The van der Waals surface area contributed by atoms with Gasteiger partial charge < -0.3 is 20.5 Å². The summed E-state index contributed by atoms with van der Waals surface area (Å²) < 4.78 is 12.6. The minimum absolute atomic E-state index is 0.278. The smallest absolute Gasteiger partial charge is 0.248 e. The first-order chi connectivity index (χ1) is 13.7. The van der Waals surface area contributed by atoms with Crippen LogP contribution in [-0.2, 0) is 0 Å². The predicted octanol–water partition coefficient (Wildman–Crippen LogP) is 4.39. The van der Waals surface area contributed by atoms with Crippen molar-refractivity contribution in [3.63, 3.8) is 0 Å². The zero-order valence-electron chi connectivity index (χ0n) is 15.2. The molecule has 0 aliphatic carbocycles. The minimum atomic E-state index is 0.278. The van der Waals surface area contributed by atoms with E-state index in [1.54, 1.807) is 11.8 Å². The largest absolute Gasteiger partial charge is 0.497 e. The fraction of sp³-hybridized carbons (Fsp3) is 0.0476. The second kappa shape index (κ2) is 7.71. The minimum Gasteiger partial charge on any atom is -0.497 e. The van der Waals surface area contributed by atoms with Crippen LogP contribution in [0.1, 0.15) is 0 Å². The molecule has 0 unspecified atom stereocenters. The molecule has 0 aliphatic rings. The number of nitrogens with one attached hydrogen (secondary N) is 1. The first kappa shape index (κ1) is 17.4. The Kier molecular flexibility index (Phi) is 4.79. The lowest BCUT2D eigenvalue weighted by atomic mass is 10.3. The summed E-state index contributed by atoms with van der Waals surface area (Å²) in [6.07, 6.45) is 0. The number of para-hydroxylation sites is 1. The molecule has 4 aromatic rings. The van der Waals surface area contributed by atoms with Crippen molar-refractivity contribution in [1.29, 1.82) is 0 Å². The Labute approximate surface area is 162 Å². The summed E-state index contributed by atoms with van der Waals surface area (Å²) in [7, 11) is 1.61. The number of hydrogen-bond donors (Lipinski definition) is 2. The average molecular weight is 373 g/mol. The zero-order chi connectivity index (χ0) is 19.3. The van der Waals surface area contributed by atoms with Crippen LogP contribution in [0.2, 0.25) is 0 Å². The summed E-state index contributed by atoms with van der Waals surface area (Å²) in [5.74, 6) is 2.92. The number of aromatic nitrogens is 3. The predicted molar refractivity (Wildman–Crippen MR) is 109 cm³/mol. The molecule has 0 saturated carbocycles. The molecule has 0 atom stereocenters. The molecule has 7 nitrogen and oxygen atoms in total. The van der Waals surface area contributed by atoms with Crippen LogP contribution in [0.15, 0.2) is 78.9 Å². The Hall–Kier alpha value is -4.00. The molecule has 3 N–H and O–H groups in total. The van der Waals surface area contributed by atoms with Crippen LogP contribution in [0.3, 0.4) is 0 Å². The molecule has 1 heterocycles. The summed E-state index contributed by atoms with van der Waals surface area (Å²) in [4.78, 5) is 4.27. The second-order valence-corrected chi connectivity index (χ2v) is 5.97. The van der Waals surface area contributed by atoms with E-state index in [-0.39, 0.29) is 5.95 Å². The van der Waals surface area contributed by atoms with Crippen molar-refractivity contribution in [2.45, 2.75) is 0 Å². The molecule has 0 aliphatic heterocycles. The van der Waals surface area contributed by atoms with Crippen LogP contribution in [0.4, 0.5) is 17.6 Å². The number of anilines is 3. The molecular formula is C21H19N5O2. The molecule has 0 spiro atoms. The maximum Gasteiger partial charge on any atom is 0.248 e. The van der Waals surface area contributed by atoms with Crippen LogP contribution < -0.4 is 20.5 Å². The lowest BCUT2D eigenvalue weighted by molar-refractivity contribution is 0.414. The van der Waals surface area contributed by atoms with E-state index in [2.05, 4.69) is 15.4 Å². The van der Waals surface area contributed by atoms with E-state index in [0.717, 1.165) is 28.6 Å². The lowest BCUT2D eigenvalue weighted by Gasteiger charge is -2.07. The van der Waals surface area contributed by atoms with E-state index in [4.69, 9.17) is 15.2 Å². The van der Waals surface area contributed by atoms with Gasteiger partial charge in [-0.2, -0.15) is 9.67 Å². The lowest BCUT2D eigenvalue weighted by Crippen LogP contribution is -2.02. The monoisotopic (exact) mass is 373 g/mol. The van der Waals surface area contributed by atoms with Gasteiger partial charge in [0.1, 0.15) is 17.2 Å². The Balaban J connectivity index is 1.48. The van der Waals surface area contributed by atoms with E-state index >= 15 is 0 Å². The van der Waals surface area contributed by atoms with Crippen LogP contribution in [0.25, 0.3) is 5.69 Å². The molecule has 0 radical (unpaired) electrons. The van der Waals surface area contributed by atoms with Crippen molar-refractivity contribution in [2.24, 2.45) is 0 Å². The van der Waals surface area contributed by atoms with Gasteiger partial charge in [-0.1, -0.05) is 24.3 Å². The van der Waals surface area contributed by atoms with Gasteiger partial charge in [-0.15, -0.1) is 5.10 Å². The molecule has 0 saturated heterocycles. The number of ether oxygens (including phenoxy) is 2. The molecule has 1 aromatic heterocycles. The summed E-state index contributed by atoms with van der Waals surface area (Å²) >= 11 is 0. The Morgan fingerprint density at radius 2 is 1.57 bits per heavy atom. The Morgan fingerprint density at radius 3 is 2.32 bits per heavy atom. The fourth-order valence-corrected chi connectivity index (χ4v) is 2.67. The quantitative estimate of drug-likeness (QED) is 0.521. The molecule has 7 heteroatoms. The highest BCUT2D eigenvalue weighted by Crippen LogP contribution is 2.24. The SMILES string of the molecule is COc1cccc(-n2nc(Nc3ccc(Oc4ccccc4)cc3)nc2N)c1. The molecule has 3 aromatic carbocycles. The van der Waals surface area contributed by atoms with Gasteiger partial charge in [0, 0.05) is 11.8 Å². The summed E-state index contributed by atoms with van der Waals surface area (Å²) in [6.45, 7) is 0. The van der Waals surface area contributed by atoms with Crippen molar-refractivity contribution >= 4 is 17.6 Å². The third-order valence-corrected chi connectivity index (χ3v) is 4.02. The molecule has 0 amide bonds. The van der Waals surface area contributed by atoms with Crippen molar-refractivity contribution in [3.05, 3.63) is 78.9 Å². The number of methoxy groups -OCH3 is 1. The van der Waals surface area contributed by atoms with Gasteiger partial charge in [0.15, 0.2) is 0 Å². The normalized spacial score (nSPS) is 10.5. The van der Waals surface area contributed by atoms with Gasteiger partial charge in [0.2, 0.25) is 11.9 Å². The van der Waals surface area contributed by atoms with Gasteiger partial charge in [0.25, 0.3) is 0 Å². The number of hydrogen-bond acceptors (Lipinski definition) is 6. The summed E-state index contributed by atoms with van der Waals surface area (Å²) in [5, 5.41) is 7.57. The van der Waals surface area contributed by atoms with Crippen molar-refractivity contribution < 1.29 is 9.47 Å². The van der Waals surface area contributed by atoms with E-state index in [9.17, 15) is 0 Å². The molecule has 4 rings (SSSR count). The van der Waals surface area contributed by atoms with E-state index < -0.39 is 0 Å². The van der Waals surface area contributed by atoms with Crippen LogP contribution in [0.5, 0.6) is 17.2 Å². The van der Waals surface area contributed by atoms with Gasteiger partial charge in [0.05, 0.1) is 12.8 Å². The number of rotatable bonds is 6. The number of benzene rings is 3. The van der Waals surface area contributed by atoms with Crippen molar-refractivity contribution in [2.75, 3.05) is 18.2 Å². The third-order valence-electron chi connectivity index (χ3n) is 4.02. The molecular weight excluding hydrogens is 354 g/mol. The van der Waals surface area contributed by atoms with Crippen LogP contribution in [0, 0.1) is 0 Å². The number of nitrogen functional groups attached to an aromatic ring is 1. The zero-order valence-corrected chi connectivity index (χ0v) is 15.2. The standard InChI is InChI=1S/C21H19N5O2/c1-27-19-9-5-6-16(14-19)26-20(22)24-21(25-26)23-15-10-12-18(13-11-15)28-17-7-3-2-4-8-17/h2-14H,1H3,(H3,22,23,24,25). The number of nitrogens with two attached hydrogens (primary N) is 1. The first-order valence-corrected chi connectivity index (χ1v) is 8.68. The second-order valence-electron chi connectivity index (χ2n) is 5.97. The summed E-state index contributed by atoms with van der Waals surface area (Å²) in [6, 6.07) is 24.6. The average Bonchev–Trinajstić information content (AvgIpc) is 3.10.